The molecule has 0 bridgehead atoms. The van der Waals surface area contributed by atoms with Crippen molar-refractivity contribution in [2.75, 3.05) is 14.2 Å². The van der Waals surface area contributed by atoms with Crippen LogP contribution in [0.2, 0.25) is 0 Å². The fraction of sp³-hybridized carbons (Fsp3) is 0.273. The number of aldehydes is 1. The van der Waals surface area contributed by atoms with E-state index in [0.717, 1.165) is 11.8 Å². The quantitative estimate of drug-likeness (QED) is 0.551. The van der Waals surface area contributed by atoms with E-state index in [1.807, 2.05) is 0 Å². The SMILES string of the molecule is COC(=O)c1ccc(CC=O)cc1OC. The second-order valence-corrected chi connectivity index (χ2v) is 2.90. The summed E-state index contributed by atoms with van der Waals surface area (Å²) >= 11 is 0. The highest BCUT2D eigenvalue weighted by Gasteiger charge is 2.12. The van der Waals surface area contributed by atoms with E-state index >= 15 is 0 Å². The molecule has 0 amide bonds. The van der Waals surface area contributed by atoms with E-state index in [4.69, 9.17) is 4.74 Å². The minimum Gasteiger partial charge on any atom is -0.496 e. The Morgan fingerprint density at radius 1 is 1.40 bits per heavy atom. The highest BCUT2D eigenvalue weighted by Crippen LogP contribution is 2.20. The van der Waals surface area contributed by atoms with Gasteiger partial charge in [-0.2, -0.15) is 0 Å². The molecule has 1 aromatic carbocycles. The summed E-state index contributed by atoms with van der Waals surface area (Å²) in [5.41, 5.74) is 1.16. The number of carbonyl (C=O) groups excluding carboxylic acids is 2. The number of carbonyl (C=O) groups is 2. The molecular formula is C11H12O4. The topological polar surface area (TPSA) is 52.6 Å². The molecule has 0 atom stereocenters. The summed E-state index contributed by atoms with van der Waals surface area (Å²) in [6, 6.07) is 4.94. The first-order valence-corrected chi connectivity index (χ1v) is 4.41. The molecule has 0 saturated carbocycles. The van der Waals surface area contributed by atoms with Crippen molar-refractivity contribution in [2.24, 2.45) is 0 Å². The van der Waals surface area contributed by atoms with Crippen molar-refractivity contribution in [3.8, 4) is 5.75 Å². The number of methoxy groups -OCH3 is 2. The molecule has 4 heteroatoms. The van der Waals surface area contributed by atoms with Gasteiger partial charge in [-0.3, -0.25) is 0 Å². The lowest BCUT2D eigenvalue weighted by atomic mass is 10.1. The molecule has 0 unspecified atom stereocenters. The number of hydrogen-bond donors (Lipinski definition) is 0. The molecular weight excluding hydrogens is 196 g/mol. The molecule has 0 aliphatic carbocycles. The summed E-state index contributed by atoms with van der Waals surface area (Å²) in [7, 11) is 2.77. The molecule has 0 aliphatic rings. The Morgan fingerprint density at radius 3 is 2.67 bits per heavy atom. The maximum Gasteiger partial charge on any atom is 0.341 e. The first-order chi connectivity index (χ1) is 7.22. The number of rotatable bonds is 4. The molecule has 1 rings (SSSR count). The lowest BCUT2D eigenvalue weighted by molar-refractivity contribution is -0.107. The number of esters is 1. The maximum atomic E-state index is 11.3. The molecule has 80 valence electrons. The van der Waals surface area contributed by atoms with Crippen LogP contribution in [0, 0.1) is 0 Å². The minimum atomic E-state index is -0.454. The van der Waals surface area contributed by atoms with Crippen LogP contribution in [0.3, 0.4) is 0 Å². The molecule has 0 fully saturated rings. The van der Waals surface area contributed by atoms with Gasteiger partial charge in [0.15, 0.2) is 0 Å². The summed E-state index contributed by atoms with van der Waals surface area (Å²) in [4.78, 5) is 21.6. The van der Waals surface area contributed by atoms with Crippen molar-refractivity contribution in [2.45, 2.75) is 6.42 Å². The first-order valence-electron chi connectivity index (χ1n) is 4.41. The molecule has 0 N–H and O–H groups in total. The summed E-state index contributed by atoms with van der Waals surface area (Å²) in [5, 5.41) is 0. The average Bonchev–Trinajstić information content (AvgIpc) is 2.28. The van der Waals surface area contributed by atoms with Crippen LogP contribution in [0.25, 0.3) is 0 Å². The lowest BCUT2D eigenvalue weighted by Gasteiger charge is -2.07. The molecule has 0 saturated heterocycles. The van der Waals surface area contributed by atoms with E-state index in [0.29, 0.717) is 17.7 Å². The van der Waals surface area contributed by atoms with Crippen molar-refractivity contribution in [3.05, 3.63) is 29.3 Å². The largest absolute Gasteiger partial charge is 0.496 e. The van der Waals surface area contributed by atoms with E-state index in [1.54, 1.807) is 18.2 Å². The number of ether oxygens (including phenoxy) is 2. The number of benzene rings is 1. The summed E-state index contributed by atoms with van der Waals surface area (Å²) < 4.78 is 9.63. The van der Waals surface area contributed by atoms with Crippen molar-refractivity contribution in [1.82, 2.24) is 0 Å². The monoisotopic (exact) mass is 208 g/mol. The van der Waals surface area contributed by atoms with Gasteiger partial charge >= 0.3 is 5.97 Å². The highest BCUT2D eigenvalue weighted by molar-refractivity contribution is 5.92. The summed E-state index contributed by atoms with van der Waals surface area (Å²) in [6.45, 7) is 0. The van der Waals surface area contributed by atoms with Crippen molar-refractivity contribution in [1.29, 1.82) is 0 Å². The predicted molar refractivity (Wildman–Crippen MR) is 54.1 cm³/mol. The molecule has 1 aromatic rings. The van der Waals surface area contributed by atoms with Gasteiger partial charge in [0.1, 0.15) is 17.6 Å². The lowest BCUT2D eigenvalue weighted by Crippen LogP contribution is -2.04. The Bertz CT molecular complexity index is 371. The predicted octanol–water partition coefficient (Wildman–Crippen LogP) is 1.22. The van der Waals surface area contributed by atoms with Gasteiger partial charge in [-0.15, -0.1) is 0 Å². The molecule has 0 aliphatic heterocycles. The van der Waals surface area contributed by atoms with Crippen molar-refractivity contribution in [3.63, 3.8) is 0 Å². The van der Waals surface area contributed by atoms with Gasteiger partial charge < -0.3 is 14.3 Å². The van der Waals surface area contributed by atoms with Gasteiger partial charge in [0.2, 0.25) is 0 Å². The molecule has 15 heavy (non-hydrogen) atoms. The number of hydrogen-bond acceptors (Lipinski definition) is 4. The Labute approximate surface area is 87.8 Å². The molecule has 0 aromatic heterocycles. The molecule has 0 heterocycles. The summed E-state index contributed by atoms with van der Waals surface area (Å²) in [6.07, 6.45) is 1.10. The van der Waals surface area contributed by atoms with Crippen LogP contribution in [0.4, 0.5) is 0 Å². The zero-order chi connectivity index (χ0) is 11.3. The van der Waals surface area contributed by atoms with Crippen LogP contribution < -0.4 is 4.74 Å². The zero-order valence-corrected chi connectivity index (χ0v) is 8.65. The maximum absolute atomic E-state index is 11.3. The van der Waals surface area contributed by atoms with Crippen molar-refractivity contribution < 1.29 is 19.1 Å². The Hall–Kier alpha value is -1.84. The fourth-order valence-corrected chi connectivity index (χ4v) is 1.24. The molecule has 0 radical (unpaired) electrons. The van der Waals surface area contributed by atoms with E-state index in [1.165, 1.54) is 14.2 Å². The smallest absolute Gasteiger partial charge is 0.341 e. The fourth-order valence-electron chi connectivity index (χ4n) is 1.24. The van der Waals surface area contributed by atoms with Crippen LogP contribution in [-0.2, 0) is 16.0 Å². The van der Waals surface area contributed by atoms with Crippen LogP contribution in [-0.4, -0.2) is 26.5 Å². The molecule has 4 nitrogen and oxygen atoms in total. The Kier molecular flexibility index (Phi) is 3.85. The van der Waals surface area contributed by atoms with E-state index in [9.17, 15) is 9.59 Å². The van der Waals surface area contributed by atoms with E-state index < -0.39 is 5.97 Å². The van der Waals surface area contributed by atoms with Crippen LogP contribution in [0.5, 0.6) is 5.75 Å². The highest BCUT2D eigenvalue weighted by atomic mass is 16.5. The Morgan fingerprint density at radius 2 is 2.13 bits per heavy atom. The van der Waals surface area contributed by atoms with Crippen molar-refractivity contribution >= 4 is 12.3 Å². The third-order valence-corrected chi connectivity index (χ3v) is 1.99. The second kappa shape index (κ2) is 5.14. The second-order valence-electron chi connectivity index (χ2n) is 2.90. The third kappa shape index (κ3) is 2.56. The standard InChI is InChI=1S/C11H12O4/c1-14-10-7-8(5-6-12)3-4-9(10)11(13)15-2/h3-4,6-7H,5H2,1-2H3. The third-order valence-electron chi connectivity index (χ3n) is 1.99. The van der Waals surface area contributed by atoms with E-state index in [-0.39, 0.29) is 0 Å². The van der Waals surface area contributed by atoms with Gasteiger partial charge in [-0.05, 0) is 17.7 Å². The molecule has 0 spiro atoms. The summed E-state index contributed by atoms with van der Waals surface area (Å²) in [5.74, 6) is -0.0364. The van der Waals surface area contributed by atoms with Crippen LogP contribution in [0.1, 0.15) is 15.9 Å². The van der Waals surface area contributed by atoms with Gasteiger partial charge in [0.05, 0.1) is 14.2 Å². The van der Waals surface area contributed by atoms with Gasteiger partial charge in [-0.25, -0.2) is 4.79 Å². The normalized spacial score (nSPS) is 9.47. The van der Waals surface area contributed by atoms with Crippen LogP contribution >= 0.6 is 0 Å². The Balaban J connectivity index is 3.08. The van der Waals surface area contributed by atoms with Gasteiger partial charge in [0, 0.05) is 6.42 Å². The average molecular weight is 208 g/mol. The minimum absolute atomic E-state index is 0.303. The first kappa shape index (κ1) is 11.2. The van der Waals surface area contributed by atoms with Gasteiger partial charge in [-0.1, -0.05) is 6.07 Å². The van der Waals surface area contributed by atoms with Gasteiger partial charge in [0.25, 0.3) is 0 Å². The van der Waals surface area contributed by atoms with E-state index in [2.05, 4.69) is 4.74 Å². The zero-order valence-electron chi connectivity index (χ0n) is 8.65. The van der Waals surface area contributed by atoms with Crippen LogP contribution in [0.15, 0.2) is 18.2 Å².